The molecule has 1 spiro atoms. The van der Waals surface area contributed by atoms with Crippen LogP contribution in [0.5, 0.6) is 0 Å². The molecule has 1 saturated heterocycles. The van der Waals surface area contributed by atoms with E-state index in [0.717, 1.165) is 12.8 Å². The Kier molecular flexibility index (Phi) is 1.54. The minimum absolute atomic E-state index is 0.0523. The Morgan fingerprint density at radius 1 is 1.19 bits per heavy atom. The highest BCUT2D eigenvalue weighted by Crippen LogP contribution is 2.65. The van der Waals surface area contributed by atoms with Gasteiger partial charge in [0.1, 0.15) is 6.10 Å². The lowest BCUT2D eigenvalue weighted by Gasteiger charge is -2.16. The zero-order valence-corrected chi connectivity index (χ0v) is 9.06. The molecule has 4 unspecified atom stereocenters. The van der Waals surface area contributed by atoms with Crippen LogP contribution in [-0.2, 0) is 9.53 Å². The van der Waals surface area contributed by atoms with Crippen LogP contribution in [-0.4, -0.2) is 11.4 Å². The minimum atomic E-state index is -0.399. The molecule has 3 fully saturated rings. The molecule has 1 heterocycles. The first-order chi connectivity index (χ1) is 7.82. The lowest BCUT2D eigenvalue weighted by molar-refractivity contribution is -0.127. The topological polar surface area (TPSA) is 29.6 Å². The molecule has 0 radical (unpaired) electrons. The summed E-state index contributed by atoms with van der Waals surface area (Å²) in [5.74, 6) is 1.19. The van der Waals surface area contributed by atoms with E-state index in [0.29, 0.717) is 17.6 Å². The van der Waals surface area contributed by atoms with Crippen LogP contribution in [0.4, 0.5) is 0 Å². The van der Waals surface area contributed by atoms with Gasteiger partial charge in [0.2, 0.25) is 0 Å². The highest BCUT2D eigenvalue weighted by Gasteiger charge is 2.73. The minimum Gasteiger partial charge on any atom is -0.352 e. The number of carbonyl (C=O) groups excluding carboxylic acids is 1. The Morgan fingerprint density at radius 3 is 2.69 bits per heavy atom. The standard InChI is InChI=1S/C14H14O2/c15-12-10-6-7-11(8-10)14(12)13(16-14)9-4-2-1-3-5-9/h1-5,10-11,13H,6-8H2. The van der Waals surface area contributed by atoms with Gasteiger partial charge in [-0.25, -0.2) is 0 Å². The summed E-state index contributed by atoms with van der Waals surface area (Å²) in [5, 5.41) is 0. The van der Waals surface area contributed by atoms with Crippen molar-refractivity contribution < 1.29 is 9.53 Å². The van der Waals surface area contributed by atoms with Crippen molar-refractivity contribution >= 4 is 5.78 Å². The van der Waals surface area contributed by atoms with E-state index in [4.69, 9.17) is 4.74 Å². The number of hydrogen-bond donors (Lipinski definition) is 0. The summed E-state index contributed by atoms with van der Waals surface area (Å²) in [7, 11) is 0. The first-order valence-electron chi connectivity index (χ1n) is 6.09. The number of epoxide rings is 1. The highest BCUT2D eigenvalue weighted by molar-refractivity contribution is 5.96. The summed E-state index contributed by atoms with van der Waals surface area (Å²) in [5.41, 5.74) is 0.771. The Bertz CT molecular complexity index is 453. The SMILES string of the molecule is O=C1C2CCC(C2)C12OC2c1ccccc1. The van der Waals surface area contributed by atoms with Crippen LogP contribution < -0.4 is 0 Å². The predicted molar refractivity (Wildman–Crippen MR) is 58.8 cm³/mol. The highest BCUT2D eigenvalue weighted by atomic mass is 16.6. The molecule has 2 saturated carbocycles. The van der Waals surface area contributed by atoms with E-state index in [1.807, 2.05) is 18.2 Å². The fourth-order valence-electron chi connectivity index (χ4n) is 3.73. The number of ether oxygens (including phenoxy) is 1. The monoisotopic (exact) mass is 214 g/mol. The van der Waals surface area contributed by atoms with Crippen molar-refractivity contribution in [3.05, 3.63) is 35.9 Å². The smallest absolute Gasteiger partial charge is 0.171 e. The fourth-order valence-corrected chi connectivity index (χ4v) is 3.73. The number of hydrogen-bond acceptors (Lipinski definition) is 2. The molecule has 0 aromatic heterocycles. The van der Waals surface area contributed by atoms with Crippen LogP contribution in [0.1, 0.15) is 30.9 Å². The van der Waals surface area contributed by atoms with E-state index in [-0.39, 0.29) is 6.10 Å². The first kappa shape index (κ1) is 8.94. The van der Waals surface area contributed by atoms with Gasteiger partial charge < -0.3 is 4.74 Å². The fraction of sp³-hybridized carbons (Fsp3) is 0.500. The molecule has 1 aromatic rings. The van der Waals surface area contributed by atoms with E-state index < -0.39 is 5.60 Å². The van der Waals surface area contributed by atoms with Crippen LogP contribution >= 0.6 is 0 Å². The van der Waals surface area contributed by atoms with Gasteiger partial charge in [0.15, 0.2) is 11.4 Å². The van der Waals surface area contributed by atoms with Crippen LogP contribution in [0.15, 0.2) is 30.3 Å². The van der Waals surface area contributed by atoms with Gasteiger partial charge in [-0.2, -0.15) is 0 Å². The normalized spacial score (nSPS) is 44.2. The molecule has 2 aliphatic carbocycles. The summed E-state index contributed by atoms with van der Waals surface area (Å²) >= 11 is 0. The predicted octanol–water partition coefficient (Wildman–Crippen LogP) is 2.50. The maximum atomic E-state index is 12.2. The van der Waals surface area contributed by atoms with E-state index in [9.17, 15) is 4.79 Å². The molecular weight excluding hydrogens is 200 g/mol. The lowest BCUT2D eigenvalue weighted by Crippen LogP contribution is -2.32. The molecule has 16 heavy (non-hydrogen) atoms. The third-order valence-corrected chi connectivity index (χ3v) is 4.54. The largest absolute Gasteiger partial charge is 0.352 e. The molecular formula is C14H14O2. The number of ketones is 1. The Hall–Kier alpha value is -1.15. The second kappa shape index (κ2) is 2.75. The number of carbonyl (C=O) groups is 1. The van der Waals surface area contributed by atoms with Crippen LogP contribution in [0.2, 0.25) is 0 Å². The van der Waals surface area contributed by atoms with Gasteiger partial charge in [-0.3, -0.25) is 4.79 Å². The van der Waals surface area contributed by atoms with Gasteiger partial charge in [0.25, 0.3) is 0 Å². The lowest BCUT2D eigenvalue weighted by atomic mass is 9.83. The van der Waals surface area contributed by atoms with Crippen molar-refractivity contribution in [2.75, 3.05) is 0 Å². The summed E-state index contributed by atoms with van der Waals surface area (Å²) in [6.07, 6.45) is 3.40. The van der Waals surface area contributed by atoms with E-state index in [1.54, 1.807) is 0 Å². The maximum absolute atomic E-state index is 12.2. The Morgan fingerprint density at radius 2 is 2.00 bits per heavy atom. The van der Waals surface area contributed by atoms with Crippen molar-refractivity contribution in [2.24, 2.45) is 11.8 Å². The number of Topliss-reactive ketones (excluding diaryl/α,β-unsaturated/α-hetero) is 1. The molecule has 3 aliphatic rings. The van der Waals surface area contributed by atoms with Crippen LogP contribution in [0.25, 0.3) is 0 Å². The molecule has 4 rings (SSSR count). The molecule has 2 nitrogen and oxygen atoms in total. The van der Waals surface area contributed by atoms with Crippen molar-refractivity contribution in [3.63, 3.8) is 0 Å². The van der Waals surface area contributed by atoms with Crippen LogP contribution in [0, 0.1) is 11.8 Å². The van der Waals surface area contributed by atoms with Gasteiger partial charge >= 0.3 is 0 Å². The van der Waals surface area contributed by atoms with Gasteiger partial charge in [-0.05, 0) is 30.7 Å². The number of benzene rings is 1. The van der Waals surface area contributed by atoms with E-state index in [1.165, 1.54) is 12.0 Å². The first-order valence-corrected chi connectivity index (χ1v) is 6.09. The summed E-state index contributed by atoms with van der Waals surface area (Å²) < 4.78 is 5.85. The second-order valence-electron chi connectivity index (χ2n) is 5.27. The summed E-state index contributed by atoms with van der Waals surface area (Å²) in [4.78, 5) is 12.2. The Labute approximate surface area is 94.6 Å². The van der Waals surface area contributed by atoms with Crippen molar-refractivity contribution in [3.8, 4) is 0 Å². The molecule has 0 amide bonds. The molecule has 82 valence electrons. The van der Waals surface area contributed by atoms with E-state index in [2.05, 4.69) is 12.1 Å². The van der Waals surface area contributed by atoms with Gasteiger partial charge in [0, 0.05) is 5.92 Å². The zero-order valence-electron chi connectivity index (χ0n) is 9.06. The van der Waals surface area contributed by atoms with E-state index >= 15 is 0 Å². The van der Waals surface area contributed by atoms with Gasteiger partial charge in [-0.1, -0.05) is 30.3 Å². The van der Waals surface area contributed by atoms with Crippen molar-refractivity contribution in [2.45, 2.75) is 31.0 Å². The summed E-state index contributed by atoms with van der Waals surface area (Å²) in [6.45, 7) is 0. The van der Waals surface area contributed by atoms with Crippen molar-refractivity contribution in [1.29, 1.82) is 0 Å². The molecule has 0 N–H and O–H groups in total. The average Bonchev–Trinajstić information content (AvgIpc) is 2.77. The average molecular weight is 214 g/mol. The van der Waals surface area contributed by atoms with Crippen molar-refractivity contribution in [1.82, 2.24) is 0 Å². The molecule has 2 bridgehead atoms. The zero-order chi connectivity index (χ0) is 10.8. The third kappa shape index (κ3) is 0.897. The Balaban J connectivity index is 1.71. The molecule has 1 aromatic carbocycles. The maximum Gasteiger partial charge on any atom is 0.171 e. The molecule has 4 atom stereocenters. The molecule has 2 heteroatoms. The van der Waals surface area contributed by atoms with Crippen LogP contribution in [0.3, 0.4) is 0 Å². The molecule has 1 aliphatic heterocycles. The van der Waals surface area contributed by atoms with Gasteiger partial charge in [-0.15, -0.1) is 0 Å². The quantitative estimate of drug-likeness (QED) is 0.672. The third-order valence-electron chi connectivity index (χ3n) is 4.54. The summed E-state index contributed by atoms with van der Waals surface area (Å²) in [6, 6.07) is 10.2. The second-order valence-corrected chi connectivity index (χ2v) is 5.27. The number of fused-ring (bicyclic) bond motifs is 3. The number of rotatable bonds is 1. The van der Waals surface area contributed by atoms with Gasteiger partial charge in [0.05, 0.1) is 0 Å².